The highest BCUT2D eigenvalue weighted by Gasteiger charge is 2.46. The van der Waals surface area contributed by atoms with Crippen molar-refractivity contribution in [1.29, 1.82) is 0 Å². The first-order valence-corrected chi connectivity index (χ1v) is 31.2. The first kappa shape index (κ1) is 83.5. The molecule has 37 heteroatoms. The highest BCUT2D eigenvalue weighted by atomic mass is 16.7. The number of unbranched alkanes of at least 4 members (excludes halogenated alkanes) is 2. The number of aliphatic hydroxyl groups is 12. The van der Waals surface area contributed by atoms with E-state index in [0.29, 0.717) is 19.3 Å². The Kier molecular flexibility index (Phi) is 45.5. The average Bonchev–Trinajstić information content (AvgIpc) is 1.09. The predicted octanol–water partition coefficient (Wildman–Crippen LogP) is -7.08. The molecule has 542 valence electrons. The summed E-state index contributed by atoms with van der Waals surface area (Å²) in [5, 5.41) is 129. The van der Waals surface area contributed by atoms with Crippen LogP contribution in [0.1, 0.15) is 51.4 Å². The Hall–Kier alpha value is -3.69. The molecular weight excluding hydrogens is 1250 g/mol. The van der Waals surface area contributed by atoms with Gasteiger partial charge < -0.3 is 148 Å². The highest BCUT2D eigenvalue weighted by molar-refractivity contribution is 5.79. The Balaban J connectivity index is 1.45. The fourth-order valence-corrected chi connectivity index (χ4v) is 9.18. The smallest absolute Gasteiger partial charge is 0.222 e. The molecule has 3 rings (SSSR count). The molecule has 0 aliphatic carbocycles. The van der Waals surface area contributed by atoms with Crippen LogP contribution >= 0.6 is 0 Å². The third kappa shape index (κ3) is 34.4. The van der Waals surface area contributed by atoms with Gasteiger partial charge in [0.05, 0.1) is 159 Å². The first-order chi connectivity index (χ1) is 44.9. The Morgan fingerprint density at radius 3 is 1.01 bits per heavy atom. The molecule has 6 unspecified atom stereocenters. The maximum Gasteiger partial charge on any atom is 0.222 e. The summed E-state index contributed by atoms with van der Waals surface area (Å²) in [6, 6.07) is 0. The summed E-state index contributed by atoms with van der Waals surface area (Å²) in [5.74, 6) is -1.24. The van der Waals surface area contributed by atoms with E-state index in [9.17, 15) is 80.5 Å². The van der Waals surface area contributed by atoms with Gasteiger partial charge in [-0.3, -0.25) is 19.2 Å². The van der Waals surface area contributed by atoms with Gasteiger partial charge in [-0.2, -0.15) is 0 Å². The Morgan fingerprint density at radius 1 is 0.387 bits per heavy atom. The van der Waals surface area contributed by atoms with E-state index in [2.05, 4.69) is 26.0 Å². The molecule has 0 spiro atoms. The van der Waals surface area contributed by atoms with Gasteiger partial charge in [-0.1, -0.05) is 11.5 Å². The van der Waals surface area contributed by atoms with Crippen molar-refractivity contribution in [2.75, 3.05) is 185 Å². The average molecular weight is 1360 g/mol. The number of hydrogen-bond donors (Lipinski definition) is 15. The molecule has 3 saturated heterocycles. The fraction of sp³-hybridized carbons (Fsp3) is 0.929. The molecule has 3 amide bonds. The number of ketones is 1. The fourth-order valence-electron chi connectivity index (χ4n) is 9.18. The quantitative estimate of drug-likeness (QED) is 0.0116. The number of Topliss-reactive ketones (excluding diaryl/α,β-unsaturated/α-hetero) is 1. The molecule has 37 nitrogen and oxygen atoms in total. The highest BCUT2D eigenvalue weighted by Crippen LogP contribution is 2.28. The summed E-state index contributed by atoms with van der Waals surface area (Å²) in [5.41, 5.74) is 7.49. The minimum absolute atomic E-state index is 0.0390. The van der Waals surface area contributed by atoms with Gasteiger partial charge >= 0.3 is 0 Å². The Labute approximate surface area is 538 Å². The third-order valence-corrected chi connectivity index (χ3v) is 14.4. The van der Waals surface area contributed by atoms with Crippen molar-refractivity contribution in [3.63, 3.8) is 0 Å². The van der Waals surface area contributed by atoms with Gasteiger partial charge in [0.2, 0.25) is 17.7 Å². The SMILES string of the molecule is [N-]=[N+]=NCCCCCC(=O)CC(COCCC(=O)NCCOCCOCCO[C@@H]1OC(CO)[C@H](O)[C@H](O)C1O)(COCCC(=O)NCCOCCOCCO[C@@H]1OC(CO)[C@H](O)[C@H](O)C1O)COCCC(=O)NCCOCCOCCO[C@@H]1OC(CO)[C@H](O)[C@H](O)C1O. The summed E-state index contributed by atoms with van der Waals surface area (Å²) in [7, 11) is 0. The van der Waals surface area contributed by atoms with Crippen molar-refractivity contribution in [3.05, 3.63) is 10.4 Å². The van der Waals surface area contributed by atoms with Crippen molar-refractivity contribution < 1.29 is 152 Å². The standard InChI is InChI=1S/C56H102N6O31/c57-62-61-8-3-1-2-4-37(66)30-56(34-85-12-5-41(67)58-9-15-79-18-21-82-24-27-88-53-50(76)47(73)44(70)38(31-63)91-53,35-86-13-6-42(68)59-10-16-80-19-22-83-25-28-89-54-51(77)48(74)45(71)39(32-64)92-54)36-87-14-7-43(69)60-11-17-81-20-23-84-26-29-90-55-52(78)49(75)46(72)40(33-65)93-55/h38-40,44-55,63-65,70-78H,1-36H2,(H,58,67)(H,59,68)(H,60,69)/t38?,39?,40?,44-,45-,46-,47-,48-,49-,50?,51?,52?,53+,54+,55+,56?/m0/s1. The number of rotatable bonds is 56. The number of carbonyl (C=O) groups excluding carboxylic acids is 4. The molecule has 3 fully saturated rings. The zero-order chi connectivity index (χ0) is 68.1. The second-order valence-electron chi connectivity index (χ2n) is 21.8. The van der Waals surface area contributed by atoms with Gasteiger partial charge in [0, 0.05) is 68.6 Å². The van der Waals surface area contributed by atoms with Crippen LogP contribution in [0.2, 0.25) is 0 Å². The molecule has 0 aromatic carbocycles. The maximum atomic E-state index is 13.7. The molecule has 3 aliphatic rings. The van der Waals surface area contributed by atoms with E-state index in [0.717, 1.165) is 0 Å². The molecule has 15 atom stereocenters. The number of ether oxygens (including phenoxy) is 15. The predicted molar refractivity (Wildman–Crippen MR) is 314 cm³/mol. The van der Waals surface area contributed by atoms with Gasteiger partial charge in [0.15, 0.2) is 18.9 Å². The summed E-state index contributed by atoms with van der Waals surface area (Å²) < 4.78 is 83.0. The zero-order valence-electron chi connectivity index (χ0n) is 52.6. The maximum absolute atomic E-state index is 13.7. The van der Waals surface area contributed by atoms with Crippen molar-refractivity contribution in [1.82, 2.24) is 16.0 Å². The van der Waals surface area contributed by atoms with Gasteiger partial charge in [0.1, 0.15) is 79.0 Å². The zero-order valence-corrected chi connectivity index (χ0v) is 52.6. The van der Waals surface area contributed by atoms with E-state index in [1.165, 1.54) is 0 Å². The second kappa shape index (κ2) is 50.6. The van der Waals surface area contributed by atoms with E-state index in [-0.39, 0.29) is 221 Å². The minimum Gasteiger partial charge on any atom is -0.394 e. The monoisotopic (exact) mass is 1350 g/mol. The van der Waals surface area contributed by atoms with E-state index in [1.54, 1.807) is 0 Å². The van der Waals surface area contributed by atoms with Crippen LogP contribution < -0.4 is 16.0 Å². The van der Waals surface area contributed by atoms with Crippen molar-refractivity contribution in [2.45, 2.75) is 143 Å². The summed E-state index contributed by atoms with van der Waals surface area (Å²) in [4.78, 5) is 54.9. The number of amides is 3. The number of nitrogens with zero attached hydrogens (tertiary/aromatic N) is 3. The molecule has 0 aromatic heterocycles. The number of carbonyl (C=O) groups is 4. The van der Waals surface area contributed by atoms with Crippen LogP contribution in [0.4, 0.5) is 0 Å². The van der Waals surface area contributed by atoms with Crippen LogP contribution in [0.3, 0.4) is 0 Å². The van der Waals surface area contributed by atoms with Crippen molar-refractivity contribution in [3.8, 4) is 0 Å². The lowest BCUT2D eigenvalue weighted by Crippen LogP contribution is -2.59. The lowest BCUT2D eigenvalue weighted by atomic mass is 9.84. The number of hydrogen-bond acceptors (Lipinski definition) is 32. The summed E-state index contributed by atoms with van der Waals surface area (Å²) >= 11 is 0. The number of azide groups is 1. The van der Waals surface area contributed by atoms with Gasteiger partial charge in [-0.05, 0) is 18.4 Å². The van der Waals surface area contributed by atoms with Crippen molar-refractivity contribution in [2.24, 2.45) is 10.5 Å². The van der Waals surface area contributed by atoms with Crippen LogP contribution in [0.5, 0.6) is 0 Å². The first-order valence-electron chi connectivity index (χ1n) is 31.2. The van der Waals surface area contributed by atoms with E-state index in [1.807, 2.05) is 0 Å². The van der Waals surface area contributed by atoms with Crippen LogP contribution in [0.25, 0.3) is 10.4 Å². The third-order valence-electron chi connectivity index (χ3n) is 14.4. The summed E-state index contributed by atoms with van der Waals surface area (Å²) in [6.45, 7) is -0.155. The van der Waals surface area contributed by atoms with Crippen LogP contribution in [-0.2, 0) is 90.2 Å². The molecular formula is C56H102N6O31. The molecule has 0 aromatic rings. The number of nitrogens with one attached hydrogen (secondary N) is 3. The van der Waals surface area contributed by atoms with Gasteiger partial charge in [0.25, 0.3) is 0 Å². The summed E-state index contributed by atoms with van der Waals surface area (Å²) in [6.07, 6.45) is -19.5. The van der Waals surface area contributed by atoms with Crippen molar-refractivity contribution >= 4 is 23.5 Å². The lowest BCUT2D eigenvalue weighted by Gasteiger charge is -2.39. The minimum atomic E-state index is -1.57. The topological polar surface area (TPSA) is 534 Å². The Bertz CT molecular complexity index is 1840. The normalized spacial score (nSPS) is 27.1. The van der Waals surface area contributed by atoms with E-state index < -0.39 is 117 Å². The van der Waals surface area contributed by atoms with E-state index >= 15 is 0 Å². The van der Waals surface area contributed by atoms with Crippen LogP contribution in [-0.4, -0.2) is 362 Å². The largest absolute Gasteiger partial charge is 0.394 e. The lowest BCUT2D eigenvalue weighted by molar-refractivity contribution is -0.302. The van der Waals surface area contributed by atoms with Gasteiger partial charge in [-0.15, -0.1) is 0 Å². The molecule has 0 bridgehead atoms. The molecule has 15 N–H and O–H groups in total. The van der Waals surface area contributed by atoms with Crippen LogP contribution in [0, 0.1) is 5.41 Å². The Morgan fingerprint density at radius 2 is 0.699 bits per heavy atom. The molecule has 0 saturated carbocycles. The molecule has 0 radical (unpaired) electrons. The number of aliphatic hydroxyl groups excluding tert-OH is 12. The molecule has 93 heavy (non-hydrogen) atoms. The van der Waals surface area contributed by atoms with E-state index in [4.69, 9.17) is 76.6 Å². The van der Waals surface area contributed by atoms with Gasteiger partial charge in [-0.25, -0.2) is 0 Å². The second-order valence-corrected chi connectivity index (χ2v) is 21.8. The molecule has 3 aliphatic heterocycles. The van der Waals surface area contributed by atoms with Crippen LogP contribution in [0.15, 0.2) is 5.11 Å². The molecule has 3 heterocycles.